The van der Waals surface area contributed by atoms with Crippen molar-refractivity contribution in [3.63, 3.8) is 0 Å². The molecule has 0 bridgehead atoms. The predicted octanol–water partition coefficient (Wildman–Crippen LogP) is -2.23. The van der Waals surface area contributed by atoms with E-state index in [1.165, 1.54) is 0 Å². The first-order valence-electron chi connectivity index (χ1n) is 11.4. The summed E-state index contributed by atoms with van der Waals surface area (Å²) in [5, 5.41) is 25.1. The summed E-state index contributed by atoms with van der Waals surface area (Å²) in [4.78, 5) is 71.7. The van der Waals surface area contributed by atoms with Crippen LogP contribution >= 0.6 is 0 Å². The van der Waals surface area contributed by atoms with Crippen LogP contribution in [-0.2, 0) is 28.8 Å². The third kappa shape index (κ3) is 13.9. The average molecular weight is 503 g/mol. The van der Waals surface area contributed by atoms with Gasteiger partial charge in [-0.3, -0.25) is 24.0 Å². The zero-order valence-corrected chi connectivity index (χ0v) is 20.1. The van der Waals surface area contributed by atoms with Gasteiger partial charge in [-0.15, -0.1) is 0 Å². The molecule has 0 aromatic rings. The zero-order valence-electron chi connectivity index (χ0n) is 20.1. The molecule has 11 N–H and O–H groups in total. The Morgan fingerprint density at radius 3 is 1.83 bits per heavy atom. The lowest BCUT2D eigenvalue weighted by Crippen LogP contribution is -2.57. The topological polar surface area (TPSA) is 257 Å². The molecule has 0 aliphatic carbocycles. The van der Waals surface area contributed by atoms with Gasteiger partial charge in [0.15, 0.2) is 0 Å². The van der Waals surface area contributed by atoms with Gasteiger partial charge in [-0.25, -0.2) is 4.79 Å². The first kappa shape index (κ1) is 31.7. The minimum Gasteiger partial charge on any atom is -0.481 e. The van der Waals surface area contributed by atoms with Gasteiger partial charge in [0, 0.05) is 6.42 Å². The molecule has 35 heavy (non-hydrogen) atoms. The Kier molecular flexibility index (Phi) is 14.9. The van der Waals surface area contributed by atoms with Crippen molar-refractivity contribution in [2.75, 3.05) is 6.54 Å². The normalized spacial score (nSPS) is 14.3. The molecular formula is C21H38N6O8. The van der Waals surface area contributed by atoms with E-state index in [1.807, 2.05) is 13.8 Å². The molecule has 14 nitrogen and oxygen atoms in total. The van der Waals surface area contributed by atoms with Crippen LogP contribution in [0.2, 0.25) is 0 Å². The smallest absolute Gasteiger partial charge is 0.326 e. The van der Waals surface area contributed by atoms with Crippen molar-refractivity contribution in [1.29, 1.82) is 0 Å². The van der Waals surface area contributed by atoms with Gasteiger partial charge < -0.3 is 43.4 Å². The predicted molar refractivity (Wildman–Crippen MR) is 124 cm³/mol. The number of carboxylic acids is 2. The molecule has 200 valence electrons. The van der Waals surface area contributed by atoms with Gasteiger partial charge >= 0.3 is 11.9 Å². The van der Waals surface area contributed by atoms with Crippen molar-refractivity contribution in [2.45, 2.75) is 83.0 Å². The summed E-state index contributed by atoms with van der Waals surface area (Å²) in [7, 11) is 0. The fraction of sp³-hybridized carbons (Fsp3) is 0.714. The van der Waals surface area contributed by atoms with Crippen LogP contribution in [0.15, 0.2) is 0 Å². The highest BCUT2D eigenvalue weighted by molar-refractivity contribution is 5.96. The summed E-state index contributed by atoms with van der Waals surface area (Å²) in [5.41, 5.74) is 16.5. The summed E-state index contributed by atoms with van der Waals surface area (Å²) in [6.45, 7) is 4.02. The van der Waals surface area contributed by atoms with E-state index in [-0.39, 0.29) is 18.8 Å². The van der Waals surface area contributed by atoms with Crippen molar-refractivity contribution >= 4 is 35.6 Å². The molecule has 4 amide bonds. The van der Waals surface area contributed by atoms with Gasteiger partial charge in [-0.2, -0.15) is 0 Å². The maximum atomic E-state index is 12.9. The number of aliphatic carboxylic acids is 2. The maximum Gasteiger partial charge on any atom is 0.326 e. The Morgan fingerprint density at radius 2 is 1.34 bits per heavy atom. The molecular weight excluding hydrogens is 464 g/mol. The Labute approximate surface area is 203 Å². The molecule has 0 heterocycles. The van der Waals surface area contributed by atoms with Gasteiger partial charge in [0.1, 0.15) is 18.1 Å². The number of primary amides is 1. The number of unbranched alkanes of at least 4 members (excludes halogenated alkanes) is 1. The number of carbonyl (C=O) groups excluding carboxylic acids is 4. The molecule has 0 saturated carbocycles. The number of hydrogen-bond acceptors (Lipinski definition) is 8. The van der Waals surface area contributed by atoms with Crippen molar-refractivity contribution in [3.8, 4) is 0 Å². The summed E-state index contributed by atoms with van der Waals surface area (Å²) >= 11 is 0. The van der Waals surface area contributed by atoms with Crippen LogP contribution in [0.4, 0.5) is 0 Å². The zero-order chi connectivity index (χ0) is 27.1. The number of carboxylic acid groups (broad SMARTS) is 2. The molecule has 14 heteroatoms. The van der Waals surface area contributed by atoms with E-state index >= 15 is 0 Å². The molecule has 0 rings (SSSR count). The highest BCUT2D eigenvalue weighted by atomic mass is 16.4. The lowest BCUT2D eigenvalue weighted by atomic mass is 10.0. The summed E-state index contributed by atoms with van der Waals surface area (Å²) in [6, 6.07) is -5.09. The fourth-order valence-electron chi connectivity index (χ4n) is 3.14. The highest BCUT2D eigenvalue weighted by Crippen LogP contribution is 2.07. The van der Waals surface area contributed by atoms with Crippen molar-refractivity contribution < 1.29 is 39.0 Å². The van der Waals surface area contributed by atoms with Crippen molar-refractivity contribution in [1.82, 2.24) is 16.0 Å². The van der Waals surface area contributed by atoms with Crippen LogP contribution in [0.1, 0.15) is 58.8 Å². The molecule has 4 atom stereocenters. The lowest BCUT2D eigenvalue weighted by Gasteiger charge is -2.25. The molecule has 4 unspecified atom stereocenters. The molecule has 0 saturated heterocycles. The SMILES string of the molecule is CC(C)CC(N)C(=O)NC(CC(N)=O)C(=O)NC(CCCCN)C(=O)NC(CCC(=O)O)C(=O)O. The Bertz CT molecular complexity index is 760. The molecule has 0 aromatic carbocycles. The monoisotopic (exact) mass is 502 g/mol. The molecule has 0 aromatic heterocycles. The van der Waals surface area contributed by atoms with Crippen molar-refractivity contribution in [2.24, 2.45) is 23.1 Å². The number of nitrogens with two attached hydrogens (primary N) is 3. The average Bonchev–Trinajstić information content (AvgIpc) is 2.73. The number of nitrogens with one attached hydrogen (secondary N) is 3. The van der Waals surface area contributed by atoms with Crippen LogP contribution in [0, 0.1) is 5.92 Å². The van der Waals surface area contributed by atoms with Gasteiger partial charge in [-0.05, 0) is 44.6 Å². The van der Waals surface area contributed by atoms with E-state index < -0.39 is 72.6 Å². The molecule has 0 aliphatic rings. The van der Waals surface area contributed by atoms with Crippen LogP contribution in [0.25, 0.3) is 0 Å². The van der Waals surface area contributed by atoms with Crippen LogP contribution in [0.5, 0.6) is 0 Å². The lowest BCUT2D eigenvalue weighted by molar-refractivity contribution is -0.143. The fourth-order valence-corrected chi connectivity index (χ4v) is 3.14. The molecule has 0 spiro atoms. The number of rotatable bonds is 18. The first-order chi connectivity index (χ1) is 16.3. The van der Waals surface area contributed by atoms with E-state index in [0.717, 1.165) is 0 Å². The second-order valence-electron chi connectivity index (χ2n) is 8.65. The second-order valence-corrected chi connectivity index (χ2v) is 8.65. The van der Waals surface area contributed by atoms with Gasteiger partial charge in [0.25, 0.3) is 0 Å². The first-order valence-corrected chi connectivity index (χ1v) is 11.4. The summed E-state index contributed by atoms with van der Waals surface area (Å²) in [6.07, 6.45) is -0.115. The molecule has 0 fully saturated rings. The van der Waals surface area contributed by atoms with E-state index in [1.54, 1.807) is 0 Å². The highest BCUT2D eigenvalue weighted by Gasteiger charge is 2.31. The molecule has 0 radical (unpaired) electrons. The standard InChI is InChI=1S/C21H38N6O8/c1-11(2)9-12(23)18(31)27-15(10-16(24)28)20(33)25-13(5-3-4-8-22)19(32)26-14(21(34)35)6-7-17(29)30/h11-15H,3-10,22-23H2,1-2H3,(H2,24,28)(H,25,33)(H,26,32)(H,27,31)(H,29,30)(H,34,35). The quantitative estimate of drug-likeness (QED) is 0.0935. The molecule has 0 aliphatic heterocycles. The minimum absolute atomic E-state index is 0.0736. The number of amides is 4. The maximum absolute atomic E-state index is 12.9. The summed E-state index contributed by atoms with van der Waals surface area (Å²) < 4.78 is 0. The van der Waals surface area contributed by atoms with Gasteiger partial charge in [-0.1, -0.05) is 13.8 Å². The third-order valence-electron chi connectivity index (χ3n) is 4.94. The van der Waals surface area contributed by atoms with Gasteiger partial charge in [0.2, 0.25) is 23.6 Å². The summed E-state index contributed by atoms with van der Waals surface area (Å²) in [5.74, 6) is -5.90. The Hall–Kier alpha value is -3.26. The number of carbonyl (C=O) groups is 6. The number of hydrogen-bond donors (Lipinski definition) is 8. The van der Waals surface area contributed by atoms with E-state index in [2.05, 4.69) is 16.0 Å². The largest absolute Gasteiger partial charge is 0.481 e. The Morgan fingerprint density at radius 1 is 0.800 bits per heavy atom. The van der Waals surface area contributed by atoms with Gasteiger partial charge in [0.05, 0.1) is 12.5 Å². The van der Waals surface area contributed by atoms with E-state index in [4.69, 9.17) is 22.3 Å². The van der Waals surface area contributed by atoms with Crippen molar-refractivity contribution in [3.05, 3.63) is 0 Å². The van der Waals surface area contributed by atoms with Crippen LogP contribution < -0.4 is 33.2 Å². The van der Waals surface area contributed by atoms with Crippen LogP contribution in [0.3, 0.4) is 0 Å². The van der Waals surface area contributed by atoms with E-state index in [0.29, 0.717) is 25.8 Å². The van der Waals surface area contributed by atoms with E-state index in [9.17, 15) is 33.9 Å². The third-order valence-corrected chi connectivity index (χ3v) is 4.94. The van der Waals surface area contributed by atoms with Crippen LogP contribution in [-0.4, -0.2) is 76.5 Å². The second kappa shape index (κ2) is 16.4. The minimum atomic E-state index is -1.50. The Balaban J connectivity index is 5.54.